The van der Waals surface area contributed by atoms with E-state index in [2.05, 4.69) is 57.2 Å². The average molecular weight is 899 g/mol. The highest BCUT2D eigenvalue weighted by Crippen LogP contribution is 2.16. The highest BCUT2D eigenvalue weighted by Gasteiger charge is 2.19. The summed E-state index contributed by atoms with van der Waals surface area (Å²) in [6, 6.07) is 0. The van der Waals surface area contributed by atoms with Crippen LogP contribution >= 0.6 is 0 Å². The molecule has 0 heterocycles. The van der Waals surface area contributed by atoms with Crippen molar-refractivity contribution in [2.75, 3.05) is 13.2 Å². The molecule has 64 heavy (non-hydrogen) atoms. The van der Waals surface area contributed by atoms with Gasteiger partial charge in [0.1, 0.15) is 13.2 Å². The SMILES string of the molecule is CCCCCCC/C=C\C/C=C\C/C=C\CCCCCCCCCCCCCCCCCCC(=O)OCC(COC(=O)CCCCCCC)OC(=O)CCCCCCCCCCCC. The highest BCUT2D eigenvalue weighted by atomic mass is 16.6. The molecule has 0 aromatic rings. The predicted molar refractivity (Wildman–Crippen MR) is 275 cm³/mol. The van der Waals surface area contributed by atoms with Crippen molar-refractivity contribution in [3.05, 3.63) is 36.5 Å². The minimum atomic E-state index is -0.762. The molecule has 0 radical (unpaired) electrons. The van der Waals surface area contributed by atoms with Crippen LogP contribution in [0.5, 0.6) is 0 Å². The molecule has 374 valence electrons. The third-order valence-electron chi connectivity index (χ3n) is 12.4. The fraction of sp³-hybridized carbons (Fsp3) is 0.845. The van der Waals surface area contributed by atoms with Crippen LogP contribution in [0, 0.1) is 0 Å². The molecule has 0 aliphatic rings. The fourth-order valence-corrected chi connectivity index (χ4v) is 8.16. The zero-order chi connectivity index (χ0) is 46.5. The molecule has 0 aliphatic carbocycles. The molecule has 0 rings (SSSR count). The monoisotopic (exact) mass is 899 g/mol. The van der Waals surface area contributed by atoms with Gasteiger partial charge in [0.15, 0.2) is 6.10 Å². The van der Waals surface area contributed by atoms with E-state index in [1.165, 1.54) is 180 Å². The molecule has 0 aliphatic heterocycles. The maximum atomic E-state index is 12.7. The lowest BCUT2D eigenvalue weighted by Crippen LogP contribution is -2.30. The van der Waals surface area contributed by atoms with E-state index in [1.807, 2.05) is 0 Å². The molecule has 1 atom stereocenters. The first-order chi connectivity index (χ1) is 31.5. The largest absolute Gasteiger partial charge is 0.462 e. The fourth-order valence-electron chi connectivity index (χ4n) is 8.16. The van der Waals surface area contributed by atoms with E-state index < -0.39 is 6.10 Å². The maximum absolute atomic E-state index is 12.7. The Kier molecular flexibility index (Phi) is 51.3. The van der Waals surface area contributed by atoms with Crippen LogP contribution in [-0.2, 0) is 28.6 Å². The Bertz CT molecular complexity index is 1080. The second-order valence-electron chi connectivity index (χ2n) is 18.9. The van der Waals surface area contributed by atoms with Gasteiger partial charge >= 0.3 is 17.9 Å². The summed E-state index contributed by atoms with van der Waals surface area (Å²) in [7, 11) is 0. The van der Waals surface area contributed by atoms with E-state index in [4.69, 9.17) is 14.2 Å². The Labute approximate surface area is 397 Å². The third-order valence-corrected chi connectivity index (χ3v) is 12.4. The molecular weight excluding hydrogens is 793 g/mol. The van der Waals surface area contributed by atoms with Gasteiger partial charge in [0, 0.05) is 19.3 Å². The van der Waals surface area contributed by atoms with Crippen LogP contribution < -0.4 is 0 Å². The number of allylic oxidation sites excluding steroid dienone is 6. The quantitative estimate of drug-likeness (QED) is 0.0262. The summed E-state index contributed by atoms with van der Waals surface area (Å²) in [4.78, 5) is 37.6. The average Bonchev–Trinajstić information content (AvgIpc) is 3.29. The molecule has 0 saturated heterocycles. The zero-order valence-electron chi connectivity index (χ0n) is 42.8. The maximum Gasteiger partial charge on any atom is 0.306 e. The first-order valence-corrected chi connectivity index (χ1v) is 28.0. The summed E-state index contributed by atoms with van der Waals surface area (Å²) in [6.45, 7) is 6.55. The predicted octanol–water partition coefficient (Wildman–Crippen LogP) is 18.5. The van der Waals surface area contributed by atoms with Gasteiger partial charge < -0.3 is 14.2 Å². The van der Waals surface area contributed by atoms with E-state index in [9.17, 15) is 14.4 Å². The molecule has 0 saturated carbocycles. The van der Waals surface area contributed by atoms with Gasteiger partial charge in [-0.1, -0.05) is 256 Å². The summed E-state index contributed by atoms with van der Waals surface area (Å²) in [6.07, 6.45) is 63.4. The molecule has 6 heteroatoms. The van der Waals surface area contributed by atoms with Crippen LogP contribution in [0.15, 0.2) is 36.5 Å². The number of carbonyl (C=O) groups is 3. The van der Waals surface area contributed by atoms with Gasteiger partial charge in [-0.2, -0.15) is 0 Å². The number of ether oxygens (including phenoxy) is 3. The minimum Gasteiger partial charge on any atom is -0.462 e. The van der Waals surface area contributed by atoms with Crippen LogP contribution in [-0.4, -0.2) is 37.2 Å². The summed E-state index contributed by atoms with van der Waals surface area (Å²) in [5.74, 6) is -0.873. The highest BCUT2D eigenvalue weighted by molar-refractivity contribution is 5.71. The van der Waals surface area contributed by atoms with E-state index in [0.717, 1.165) is 77.0 Å². The van der Waals surface area contributed by atoms with E-state index >= 15 is 0 Å². The number of carbonyl (C=O) groups excluding carboxylic acids is 3. The molecule has 6 nitrogen and oxygen atoms in total. The molecule has 0 aromatic carbocycles. The number of esters is 3. The molecule has 1 unspecified atom stereocenters. The lowest BCUT2D eigenvalue weighted by molar-refractivity contribution is -0.167. The standard InChI is InChI=1S/C58H106O6/c1-4-7-10-13-15-17-19-20-21-22-23-24-25-26-27-28-29-30-31-32-33-34-35-36-37-38-39-41-42-45-48-51-57(60)63-54-55(53-62-56(59)50-47-44-12-9-6-3)64-58(61)52-49-46-43-40-18-16-14-11-8-5-2/h19-20,22-23,25-26,55H,4-18,21,24,27-54H2,1-3H3/b20-19-,23-22-,26-25-. The summed E-state index contributed by atoms with van der Waals surface area (Å²) >= 11 is 0. The second-order valence-corrected chi connectivity index (χ2v) is 18.9. The van der Waals surface area contributed by atoms with Gasteiger partial charge in [-0.05, 0) is 57.8 Å². The van der Waals surface area contributed by atoms with Gasteiger partial charge in [0.25, 0.3) is 0 Å². The van der Waals surface area contributed by atoms with Crippen LogP contribution in [0.2, 0.25) is 0 Å². The Morgan fingerprint density at radius 1 is 0.312 bits per heavy atom. The zero-order valence-corrected chi connectivity index (χ0v) is 42.8. The lowest BCUT2D eigenvalue weighted by Gasteiger charge is -2.18. The van der Waals surface area contributed by atoms with E-state index in [-0.39, 0.29) is 31.1 Å². The summed E-state index contributed by atoms with van der Waals surface area (Å²) in [5, 5.41) is 0. The summed E-state index contributed by atoms with van der Waals surface area (Å²) in [5.41, 5.74) is 0. The van der Waals surface area contributed by atoms with Gasteiger partial charge in [-0.3, -0.25) is 14.4 Å². The molecular formula is C58H106O6. The Morgan fingerprint density at radius 3 is 0.875 bits per heavy atom. The lowest BCUT2D eigenvalue weighted by atomic mass is 10.0. The molecule has 0 N–H and O–H groups in total. The molecule has 0 spiro atoms. The van der Waals surface area contributed by atoms with Crippen LogP contribution in [0.1, 0.15) is 297 Å². The van der Waals surface area contributed by atoms with Crippen molar-refractivity contribution in [3.63, 3.8) is 0 Å². The van der Waals surface area contributed by atoms with Crippen molar-refractivity contribution < 1.29 is 28.6 Å². The summed E-state index contributed by atoms with van der Waals surface area (Å²) < 4.78 is 16.6. The van der Waals surface area contributed by atoms with Crippen molar-refractivity contribution >= 4 is 17.9 Å². The normalized spacial score (nSPS) is 12.2. The topological polar surface area (TPSA) is 78.9 Å². The Morgan fingerprint density at radius 2 is 0.562 bits per heavy atom. The number of hydrogen-bond acceptors (Lipinski definition) is 6. The van der Waals surface area contributed by atoms with Crippen molar-refractivity contribution in [2.24, 2.45) is 0 Å². The Balaban J connectivity index is 3.88. The number of unbranched alkanes of at least 4 members (excludes halogenated alkanes) is 34. The van der Waals surface area contributed by atoms with E-state index in [0.29, 0.717) is 19.3 Å². The number of hydrogen-bond donors (Lipinski definition) is 0. The Hall–Kier alpha value is -2.37. The van der Waals surface area contributed by atoms with Crippen molar-refractivity contribution in [3.8, 4) is 0 Å². The van der Waals surface area contributed by atoms with Crippen molar-refractivity contribution in [1.82, 2.24) is 0 Å². The first kappa shape index (κ1) is 61.6. The third kappa shape index (κ3) is 50.6. The molecule has 0 bridgehead atoms. The van der Waals surface area contributed by atoms with Gasteiger partial charge in [-0.25, -0.2) is 0 Å². The van der Waals surface area contributed by atoms with Crippen molar-refractivity contribution in [2.45, 2.75) is 303 Å². The van der Waals surface area contributed by atoms with Crippen LogP contribution in [0.3, 0.4) is 0 Å². The number of rotatable bonds is 51. The van der Waals surface area contributed by atoms with Crippen LogP contribution in [0.4, 0.5) is 0 Å². The second kappa shape index (κ2) is 53.2. The van der Waals surface area contributed by atoms with Crippen LogP contribution in [0.25, 0.3) is 0 Å². The molecule has 0 amide bonds. The molecule has 0 fully saturated rings. The minimum absolute atomic E-state index is 0.0682. The van der Waals surface area contributed by atoms with E-state index in [1.54, 1.807) is 0 Å². The van der Waals surface area contributed by atoms with Crippen molar-refractivity contribution in [1.29, 1.82) is 0 Å². The van der Waals surface area contributed by atoms with Gasteiger partial charge in [0.05, 0.1) is 0 Å². The molecule has 0 aromatic heterocycles. The smallest absolute Gasteiger partial charge is 0.306 e. The van der Waals surface area contributed by atoms with Gasteiger partial charge in [-0.15, -0.1) is 0 Å². The van der Waals surface area contributed by atoms with Gasteiger partial charge in [0.2, 0.25) is 0 Å². The first-order valence-electron chi connectivity index (χ1n) is 28.0.